The summed E-state index contributed by atoms with van der Waals surface area (Å²) in [6.45, 7) is 5.85. The maximum Gasteiger partial charge on any atom is 0.355 e. The number of amides is 3. The Bertz CT molecular complexity index is 890. The monoisotopic (exact) mass is 403 g/mol. The van der Waals surface area contributed by atoms with Crippen molar-refractivity contribution < 1.29 is 28.6 Å². The highest BCUT2D eigenvalue weighted by Crippen LogP contribution is 2.30. The highest BCUT2D eigenvalue weighted by molar-refractivity contribution is 6.02. The average molecular weight is 403 g/mol. The molecule has 0 aliphatic carbocycles. The summed E-state index contributed by atoms with van der Waals surface area (Å²) in [5, 5.41) is 4.62. The summed E-state index contributed by atoms with van der Waals surface area (Å²) in [4.78, 5) is 35.9. The minimum absolute atomic E-state index is 0.317. The van der Waals surface area contributed by atoms with E-state index in [2.05, 4.69) is 10.6 Å². The quantitative estimate of drug-likeness (QED) is 0.656. The van der Waals surface area contributed by atoms with Crippen molar-refractivity contribution in [3.05, 3.63) is 41.7 Å². The first-order valence-corrected chi connectivity index (χ1v) is 9.15. The molecule has 0 aliphatic rings. The van der Waals surface area contributed by atoms with Gasteiger partial charge in [0.1, 0.15) is 5.69 Å². The average Bonchev–Trinajstić information content (AvgIpc) is 3.01. The topological polar surface area (TPSA) is 108 Å². The van der Waals surface area contributed by atoms with Crippen LogP contribution in [-0.4, -0.2) is 42.3 Å². The lowest BCUT2D eigenvalue weighted by Crippen LogP contribution is -2.37. The Morgan fingerprint density at radius 3 is 2.31 bits per heavy atom. The molecule has 0 spiro atoms. The number of urea groups is 1. The molecule has 0 atom stereocenters. The van der Waals surface area contributed by atoms with Crippen LogP contribution in [0.2, 0.25) is 0 Å². The van der Waals surface area contributed by atoms with Crippen molar-refractivity contribution in [2.24, 2.45) is 7.05 Å². The van der Waals surface area contributed by atoms with E-state index in [0.29, 0.717) is 36.1 Å². The van der Waals surface area contributed by atoms with Crippen LogP contribution in [0.25, 0.3) is 0 Å². The lowest BCUT2D eigenvalue weighted by molar-refractivity contribution is -0.123. The van der Waals surface area contributed by atoms with E-state index in [9.17, 15) is 14.4 Å². The van der Waals surface area contributed by atoms with Gasteiger partial charge < -0.3 is 24.1 Å². The number of imide groups is 1. The van der Waals surface area contributed by atoms with Gasteiger partial charge in [0.05, 0.1) is 13.2 Å². The Kier molecular flexibility index (Phi) is 7.64. The standard InChI is InChI=1S/C20H25N3O6/c1-5-27-16-10-8-14(11-17(16)28-6-2)21-20(26)22-18(24)12-29-19(25)15-9-7-13(3)23(15)4/h7-11H,5-6,12H2,1-4H3,(H2,21,22,24,26). The number of carbonyl (C=O) groups excluding carboxylic acids is 3. The molecule has 9 heteroatoms. The van der Waals surface area contributed by atoms with Crippen LogP contribution in [0.15, 0.2) is 30.3 Å². The first-order chi connectivity index (χ1) is 13.8. The van der Waals surface area contributed by atoms with Gasteiger partial charge in [-0.2, -0.15) is 0 Å². The summed E-state index contributed by atoms with van der Waals surface area (Å²) in [5.41, 5.74) is 1.61. The van der Waals surface area contributed by atoms with Crippen molar-refractivity contribution >= 4 is 23.6 Å². The molecule has 0 fully saturated rings. The predicted octanol–water partition coefficient (Wildman–Crippen LogP) is 2.64. The number of benzene rings is 1. The van der Waals surface area contributed by atoms with Crippen LogP contribution in [0, 0.1) is 6.92 Å². The summed E-state index contributed by atoms with van der Waals surface area (Å²) >= 11 is 0. The number of anilines is 1. The van der Waals surface area contributed by atoms with Crippen LogP contribution < -0.4 is 20.1 Å². The molecule has 0 bridgehead atoms. The number of rotatable bonds is 8. The van der Waals surface area contributed by atoms with Gasteiger partial charge in [-0.15, -0.1) is 0 Å². The fourth-order valence-electron chi connectivity index (χ4n) is 2.48. The van der Waals surface area contributed by atoms with Crippen LogP contribution in [0.1, 0.15) is 30.0 Å². The molecule has 0 radical (unpaired) electrons. The number of aromatic nitrogens is 1. The third kappa shape index (κ3) is 6.00. The van der Waals surface area contributed by atoms with Gasteiger partial charge in [0, 0.05) is 24.5 Å². The highest BCUT2D eigenvalue weighted by Gasteiger charge is 2.16. The molecule has 0 aliphatic heterocycles. The van der Waals surface area contributed by atoms with E-state index in [-0.39, 0.29) is 0 Å². The molecule has 0 saturated heterocycles. The van der Waals surface area contributed by atoms with Crippen molar-refractivity contribution in [1.82, 2.24) is 9.88 Å². The summed E-state index contributed by atoms with van der Waals surface area (Å²) < 4.78 is 17.5. The van der Waals surface area contributed by atoms with Crippen molar-refractivity contribution in [2.45, 2.75) is 20.8 Å². The maximum absolute atomic E-state index is 12.0. The number of hydrogen-bond acceptors (Lipinski definition) is 6. The molecular weight excluding hydrogens is 378 g/mol. The second kappa shape index (κ2) is 10.2. The zero-order valence-corrected chi connectivity index (χ0v) is 16.9. The number of nitrogens with zero attached hydrogens (tertiary/aromatic N) is 1. The van der Waals surface area contributed by atoms with Gasteiger partial charge in [-0.05, 0) is 45.0 Å². The summed E-state index contributed by atoms with van der Waals surface area (Å²) in [5.74, 6) is -0.369. The van der Waals surface area contributed by atoms with Gasteiger partial charge >= 0.3 is 12.0 Å². The van der Waals surface area contributed by atoms with E-state index in [4.69, 9.17) is 14.2 Å². The Morgan fingerprint density at radius 2 is 1.69 bits per heavy atom. The molecule has 9 nitrogen and oxygen atoms in total. The van der Waals surface area contributed by atoms with Crippen LogP contribution in [0.3, 0.4) is 0 Å². The molecule has 0 unspecified atom stereocenters. The van der Waals surface area contributed by atoms with Crippen molar-refractivity contribution in [3.63, 3.8) is 0 Å². The zero-order valence-electron chi connectivity index (χ0n) is 16.9. The van der Waals surface area contributed by atoms with E-state index >= 15 is 0 Å². The Balaban J connectivity index is 1.88. The normalized spacial score (nSPS) is 10.2. The van der Waals surface area contributed by atoms with E-state index in [1.807, 2.05) is 20.8 Å². The second-order valence-corrected chi connectivity index (χ2v) is 6.02. The summed E-state index contributed by atoms with van der Waals surface area (Å²) in [6, 6.07) is 7.48. The van der Waals surface area contributed by atoms with Crippen LogP contribution in [0.5, 0.6) is 11.5 Å². The van der Waals surface area contributed by atoms with Crippen molar-refractivity contribution in [3.8, 4) is 11.5 Å². The third-order valence-electron chi connectivity index (χ3n) is 3.97. The van der Waals surface area contributed by atoms with Crippen molar-refractivity contribution in [1.29, 1.82) is 0 Å². The number of ether oxygens (including phenoxy) is 3. The Labute approximate surface area is 168 Å². The maximum atomic E-state index is 12.0. The van der Waals surface area contributed by atoms with E-state index in [1.165, 1.54) is 0 Å². The molecule has 29 heavy (non-hydrogen) atoms. The second-order valence-electron chi connectivity index (χ2n) is 6.02. The number of hydrogen-bond donors (Lipinski definition) is 2. The Morgan fingerprint density at radius 1 is 1.00 bits per heavy atom. The van der Waals surface area contributed by atoms with E-state index < -0.39 is 24.5 Å². The minimum atomic E-state index is -0.757. The Hall–Kier alpha value is -3.49. The molecule has 3 amide bonds. The van der Waals surface area contributed by atoms with Crippen LogP contribution >= 0.6 is 0 Å². The number of esters is 1. The molecule has 0 saturated carbocycles. The molecule has 2 N–H and O–H groups in total. The number of nitrogens with one attached hydrogen (secondary N) is 2. The zero-order chi connectivity index (χ0) is 21.4. The van der Waals surface area contributed by atoms with Gasteiger partial charge in [-0.3, -0.25) is 10.1 Å². The van der Waals surface area contributed by atoms with Gasteiger partial charge in [0.25, 0.3) is 5.91 Å². The molecule has 2 aromatic rings. The van der Waals surface area contributed by atoms with E-state index in [0.717, 1.165) is 5.69 Å². The van der Waals surface area contributed by atoms with Crippen LogP contribution in [-0.2, 0) is 16.6 Å². The summed E-state index contributed by atoms with van der Waals surface area (Å²) in [6.07, 6.45) is 0. The molecular formula is C20H25N3O6. The predicted molar refractivity (Wildman–Crippen MR) is 106 cm³/mol. The number of carbonyl (C=O) groups is 3. The SMILES string of the molecule is CCOc1ccc(NC(=O)NC(=O)COC(=O)c2ccc(C)n2C)cc1OCC. The fraction of sp³-hybridized carbons (Fsp3) is 0.350. The highest BCUT2D eigenvalue weighted by atomic mass is 16.5. The fourth-order valence-corrected chi connectivity index (χ4v) is 2.48. The van der Waals surface area contributed by atoms with Crippen LogP contribution in [0.4, 0.5) is 10.5 Å². The van der Waals surface area contributed by atoms with Gasteiger partial charge in [0.15, 0.2) is 18.1 Å². The molecule has 1 aromatic heterocycles. The van der Waals surface area contributed by atoms with E-state index in [1.54, 1.807) is 41.9 Å². The van der Waals surface area contributed by atoms with Gasteiger partial charge in [-0.25, -0.2) is 9.59 Å². The first-order valence-electron chi connectivity index (χ1n) is 9.15. The minimum Gasteiger partial charge on any atom is -0.490 e. The molecule has 1 heterocycles. The lowest BCUT2D eigenvalue weighted by Gasteiger charge is -2.13. The van der Waals surface area contributed by atoms with Gasteiger partial charge in [-0.1, -0.05) is 0 Å². The first kappa shape index (κ1) is 21.8. The molecule has 2 rings (SSSR count). The smallest absolute Gasteiger partial charge is 0.355 e. The largest absolute Gasteiger partial charge is 0.490 e. The summed E-state index contributed by atoms with van der Waals surface area (Å²) in [7, 11) is 1.72. The number of aryl methyl sites for hydroxylation is 1. The molecule has 156 valence electrons. The lowest BCUT2D eigenvalue weighted by atomic mass is 10.2. The van der Waals surface area contributed by atoms with Gasteiger partial charge in [0.2, 0.25) is 0 Å². The molecule has 1 aromatic carbocycles. The van der Waals surface area contributed by atoms with Crippen molar-refractivity contribution in [2.75, 3.05) is 25.1 Å². The third-order valence-corrected chi connectivity index (χ3v) is 3.97.